The number of hydrogen-bond acceptors (Lipinski definition) is 4. The van der Waals surface area contributed by atoms with E-state index in [1.54, 1.807) is 0 Å². The van der Waals surface area contributed by atoms with Gasteiger partial charge in [-0.1, -0.05) is 13.8 Å². The second-order valence-electron chi connectivity index (χ2n) is 4.90. The van der Waals surface area contributed by atoms with Crippen LogP contribution in [0.25, 0.3) is 0 Å². The van der Waals surface area contributed by atoms with Gasteiger partial charge < -0.3 is 5.32 Å². The Hall–Kier alpha value is -1.67. The van der Waals surface area contributed by atoms with E-state index in [4.69, 9.17) is 0 Å². The highest BCUT2D eigenvalue weighted by molar-refractivity contribution is 7.99. The van der Waals surface area contributed by atoms with E-state index in [9.17, 15) is 13.6 Å². The molecule has 5 nitrogen and oxygen atoms in total. The van der Waals surface area contributed by atoms with Crippen molar-refractivity contribution in [3.63, 3.8) is 0 Å². The summed E-state index contributed by atoms with van der Waals surface area (Å²) in [5.74, 6) is -1.34. The minimum atomic E-state index is -0.670. The summed E-state index contributed by atoms with van der Waals surface area (Å²) in [6.45, 7) is 4.29. The molecule has 0 amide bonds. The van der Waals surface area contributed by atoms with Gasteiger partial charge in [0.15, 0.2) is 5.16 Å². The van der Waals surface area contributed by atoms with Crippen molar-refractivity contribution in [3.8, 4) is 0 Å². The van der Waals surface area contributed by atoms with E-state index in [2.05, 4.69) is 15.5 Å². The van der Waals surface area contributed by atoms with Crippen LogP contribution in [0.4, 0.5) is 8.78 Å². The van der Waals surface area contributed by atoms with E-state index in [0.29, 0.717) is 12.1 Å². The van der Waals surface area contributed by atoms with Crippen LogP contribution in [-0.4, -0.2) is 20.8 Å². The van der Waals surface area contributed by atoms with Gasteiger partial charge in [0.1, 0.15) is 11.6 Å². The predicted octanol–water partition coefficient (Wildman–Crippen LogP) is 2.04. The molecule has 0 saturated carbocycles. The average molecular weight is 314 g/mol. The topological polar surface area (TPSA) is 62.7 Å². The van der Waals surface area contributed by atoms with E-state index in [1.807, 2.05) is 13.8 Å². The van der Waals surface area contributed by atoms with E-state index < -0.39 is 17.3 Å². The van der Waals surface area contributed by atoms with Crippen molar-refractivity contribution >= 4 is 11.8 Å². The Labute approximate surface area is 124 Å². The minimum Gasteiger partial charge on any atom is -0.310 e. The molecular weight excluding hydrogens is 298 g/mol. The molecule has 21 heavy (non-hydrogen) atoms. The molecule has 0 radical (unpaired) electrons. The summed E-state index contributed by atoms with van der Waals surface area (Å²) in [6, 6.07) is 2.79. The first-order valence-corrected chi connectivity index (χ1v) is 7.20. The number of aromatic nitrogens is 3. The van der Waals surface area contributed by atoms with Crippen LogP contribution in [0.3, 0.4) is 0 Å². The zero-order valence-electron chi connectivity index (χ0n) is 11.9. The second kappa shape index (κ2) is 6.40. The lowest BCUT2D eigenvalue weighted by Crippen LogP contribution is -2.22. The van der Waals surface area contributed by atoms with Gasteiger partial charge in [-0.3, -0.25) is 4.57 Å². The van der Waals surface area contributed by atoms with Gasteiger partial charge >= 0.3 is 5.69 Å². The molecule has 1 aromatic carbocycles. The summed E-state index contributed by atoms with van der Waals surface area (Å²) >= 11 is 0.772. The van der Waals surface area contributed by atoms with Gasteiger partial charge in [-0.25, -0.2) is 18.7 Å². The zero-order valence-corrected chi connectivity index (χ0v) is 12.7. The van der Waals surface area contributed by atoms with Crippen LogP contribution in [0, 0.1) is 11.6 Å². The van der Waals surface area contributed by atoms with E-state index in [-0.39, 0.29) is 16.1 Å². The molecule has 8 heteroatoms. The Morgan fingerprint density at radius 3 is 2.48 bits per heavy atom. The summed E-state index contributed by atoms with van der Waals surface area (Å²) in [4.78, 5) is 11.1. The van der Waals surface area contributed by atoms with Gasteiger partial charge in [-0.15, -0.1) is 5.10 Å². The van der Waals surface area contributed by atoms with Crippen molar-refractivity contribution in [2.45, 2.75) is 36.5 Å². The molecule has 0 unspecified atom stereocenters. The number of H-pyrrole nitrogens is 1. The van der Waals surface area contributed by atoms with Gasteiger partial charge in [0.25, 0.3) is 0 Å². The third kappa shape index (κ3) is 3.70. The van der Waals surface area contributed by atoms with Crippen molar-refractivity contribution in [1.82, 2.24) is 20.1 Å². The number of nitrogens with one attached hydrogen (secondary N) is 2. The lowest BCUT2D eigenvalue weighted by Gasteiger charge is -2.10. The molecule has 1 aromatic heterocycles. The van der Waals surface area contributed by atoms with Gasteiger partial charge in [0.2, 0.25) is 0 Å². The van der Waals surface area contributed by atoms with E-state index in [1.165, 1.54) is 23.7 Å². The van der Waals surface area contributed by atoms with Crippen LogP contribution >= 0.6 is 11.8 Å². The summed E-state index contributed by atoms with van der Waals surface area (Å²) in [5, 5.41) is 9.23. The average Bonchev–Trinajstić information content (AvgIpc) is 2.72. The Bertz CT molecular complexity index is 673. The van der Waals surface area contributed by atoms with Gasteiger partial charge in [0, 0.05) is 19.6 Å². The molecule has 0 fully saturated rings. The number of benzene rings is 1. The van der Waals surface area contributed by atoms with Crippen LogP contribution in [0.5, 0.6) is 0 Å². The number of aromatic amines is 1. The fourth-order valence-corrected chi connectivity index (χ4v) is 2.46. The van der Waals surface area contributed by atoms with Gasteiger partial charge in [-0.2, -0.15) is 0 Å². The molecule has 114 valence electrons. The largest absolute Gasteiger partial charge is 0.343 e. The van der Waals surface area contributed by atoms with E-state index in [0.717, 1.165) is 11.8 Å². The molecule has 0 atom stereocenters. The van der Waals surface area contributed by atoms with Crippen LogP contribution in [0.15, 0.2) is 27.0 Å². The molecule has 0 aliphatic rings. The van der Waals surface area contributed by atoms with Crippen LogP contribution in [0.2, 0.25) is 0 Å². The SMILES string of the molecule is CC(C)NCc1cc(F)c(Sc2n[nH]c(=O)n2C)c(F)c1. The second-order valence-corrected chi connectivity index (χ2v) is 5.87. The molecule has 2 rings (SSSR count). The lowest BCUT2D eigenvalue weighted by atomic mass is 10.2. The monoisotopic (exact) mass is 314 g/mol. The summed E-state index contributed by atoms with van der Waals surface area (Å²) in [6.07, 6.45) is 0. The maximum absolute atomic E-state index is 14.0. The molecule has 0 saturated heterocycles. The minimum absolute atomic E-state index is 0.176. The molecule has 2 N–H and O–H groups in total. The first-order chi connectivity index (χ1) is 9.88. The zero-order chi connectivity index (χ0) is 15.6. The molecular formula is C13H16F2N4OS. The molecule has 2 aromatic rings. The van der Waals surface area contributed by atoms with Crippen LogP contribution < -0.4 is 11.0 Å². The highest BCUT2D eigenvalue weighted by Gasteiger charge is 2.16. The summed E-state index contributed by atoms with van der Waals surface area (Å²) in [5.41, 5.74) is 0.0926. The number of nitrogens with zero attached hydrogens (tertiary/aromatic N) is 2. The first kappa shape index (κ1) is 15.7. The van der Waals surface area contributed by atoms with E-state index >= 15 is 0 Å². The van der Waals surface area contributed by atoms with Gasteiger partial charge in [-0.05, 0) is 29.5 Å². The lowest BCUT2D eigenvalue weighted by molar-refractivity contribution is 0.528. The van der Waals surface area contributed by atoms with Crippen molar-refractivity contribution in [1.29, 1.82) is 0 Å². The predicted molar refractivity (Wildman–Crippen MR) is 76.3 cm³/mol. The van der Waals surface area contributed by atoms with Crippen molar-refractivity contribution in [2.24, 2.45) is 7.05 Å². The van der Waals surface area contributed by atoms with Crippen molar-refractivity contribution < 1.29 is 8.78 Å². The number of halogens is 2. The Morgan fingerprint density at radius 1 is 1.38 bits per heavy atom. The molecule has 0 aliphatic carbocycles. The number of hydrogen-bond donors (Lipinski definition) is 2. The van der Waals surface area contributed by atoms with Crippen molar-refractivity contribution in [2.75, 3.05) is 0 Å². The standard InChI is InChI=1S/C13H16F2N4OS/c1-7(2)16-6-8-4-9(14)11(10(15)5-8)21-13-18-17-12(20)19(13)3/h4-5,7,16H,6H2,1-3H3,(H,17,20). The highest BCUT2D eigenvalue weighted by atomic mass is 32.2. The Balaban J connectivity index is 2.25. The smallest absolute Gasteiger partial charge is 0.310 e. The third-order valence-electron chi connectivity index (χ3n) is 2.80. The Kier molecular flexibility index (Phi) is 4.79. The fraction of sp³-hybridized carbons (Fsp3) is 0.385. The third-order valence-corrected chi connectivity index (χ3v) is 3.95. The van der Waals surface area contributed by atoms with Gasteiger partial charge in [0.05, 0.1) is 4.90 Å². The molecule has 0 spiro atoms. The number of rotatable bonds is 5. The van der Waals surface area contributed by atoms with Crippen molar-refractivity contribution in [3.05, 3.63) is 39.8 Å². The fourth-order valence-electron chi connectivity index (χ4n) is 1.65. The Morgan fingerprint density at radius 2 is 2.00 bits per heavy atom. The molecule has 1 heterocycles. The normalized spacial score (nSPS) is 11.3. The highest BCUT2D eigenvalue weighted by Crippen LogP contribution is 2.30. The maximum atomic E-state index is 14.0. The van der Waals surface area contributed by atoms with Crippen LogP contribution in [-0.2, 0) is 13.6 Å². The quantitative estimate of drug-likeness (QED) is 0.886. The molecule has 0 bridgehead atoms. The molecule has 0 aliphatic heterocycles. The maximum Gasteiger partial charge on any atom is 0.343 e. The first-order valence-electron chi connectivity index (χ1n) is 6.39. The van der Waals surface area contributed by atoms with Crippen LogP contribution in [0.1, 0.15) is 19.4 Å². The summed E-state index contributed by atoms with van der Waals surface area (Å²) < 4.78 is 29.3. The summed E-state index contributed by atoms with van der Waals surface area (Å²) in [7, 11) is 1.48.